The summed E-state index contributed by atoms with van der Waals surface area (Å²) < 4.78 is 2.62. The number of fused-ring (bicyclic) bond motifs is 1. The lowest BCUT2D eigenvalue weighted by molar-refractivity contribution is 0.0940. The highest BCUT2D eigenvalue weighted by molar-refractivity contribution is 9.11. The van der Waals surface area contributed by atoms with Crippen molar-refractivity contribution in [2.24, 2.45) is 0 Å². The van der Waals surface area contributed by atoms with Gasteiger partial charge in [0, 0.05) is 6.20 Å². The van der Waals surface area contributed by atoms with Gasteiger partial charge >= 0.3 is 6.03 Å². The number of thiophene rings is 1. The highest BCUT2D eigenvalue weighted by Crippen LogP contribution is 2.21. The molecular weight excluding hydrogens is 396 g/mol. The number of aromatic nitrogens is 3. The van der Waals surface area contributed by atoms with Crippen LogP contribution in [0.3, 0.4) is 0 Å². The summed E-state index contributed by atoms with van der Waals surface area (Å²) in [6, 6.07) is 8.02. The lowest BCUT2D eigenvalue weighted by Crippen LogP contribution is -2.47. The summed E-state index contributed by atoms with van der Waals surface area (Å²) in [5.41, 5.74) is 5.35. The number of hydrazine groups is 1. The molecule has 0 aliphatic heterocycles. The van der Waals surface area contributed by atoms with Crippen LogP contribution in [-0.4, -0.2) is 26.5 Å². The zero-order valence-corrected chi connectivity index (χ0v) is 14.9. The lowest BCUT2D eigenvalue weighted by atomic mass is 10.3. The second kappa shape index (κ2) is 6.97. The van der Waals surface area contributed by atoms with E-state index < -0.39 is 12.1 Å². The summed E-state index contributed by atoms with van der Waals surface area (Å²) in [4.78, 5) is 24.3. The predicted octanol–water partition coefficient (Wildman–Crippen LogP) is 2.26. The van der Waals surface area contributed by atoms with Gasteiger partial charge in [0.1, 0.15) is 0 Å². The molecule has 1 unspecified atom stereocenters. The van der Waals surface area contributed by atoms with Crippen molar-refractivity contribution in [3.8, 4) is 0 Å². The van der Waals surface area contributed by atoms with E-state index in [1.807, 2.05) is 24.4 Å². The highest BCUT2D eigenvalue weighted by Gasteiger charge is 2.16. The van der Waals surface area contributed by atoms with E-state index >= 15 is 0 Å². The van der Waals surface area contributed by atoms with E-state index in [0.717, 1.165) is 3.79 Å². The molecule has 3 amide bonds. The Kier molecular flexibility index (Phi) is 4.76. The van der Waals surface area contributed by atoms with Gasteiger partial charge in [0.2, 0.25) is 0 Å². The van der Waals surface area contributed by atoms with Crippen LogP contribution in [0.25, 0.3) is 5.65 Å². The van der Waals surface area contributed by atoms with Crippen LogP contribution < -0.4 is 16.2 Å². The van der Waals surface area contributed by atoms with Crippen LogP contribution in [0.15, 0.2) is 40.3 Å². The van der Waals surface area contributed by atoms with Crippen molar-refractivity contribution in [3.63, 3.8) is 0 Å². The van der Waals surface area contributed by atoms with Crippen LogP contribution >= 0.6 is 27.3 Å². The van der Waals surface area contributed by atoms with Gasteiger partial charge in [0.05, 0.1) is 14.7 Å². The zero-order chi connectivity index (χ0) is 17.1. The molecule has 1 atom stereocenters. The number of hydrogen-bond acceptors (Lipinski definition) is 5. The molecule has 0 aliphatic rings. The molecule has 10 heteroatoms. The van der Waals surface area contributed by atoms with E-state index in [9.17, 15) is 9.59 Å². The molecule has 3 aromatic rings. The number of pyridine rings is 1. The van der Waals surface area contributed by atoms with Gasteiger partial charge in [0.25, 0.3) is 5.91 Å². The first-order valence-electron chi connectivity index (χ1n) is 6.96. The minimum absolute atomic E-state index is 0.388. The number of rotatable bonds is 3. The SMILES string of the molecule is CC(NC(=O)NNC(=O)c1ccc(Br)s1)c1nnc2ccccn12. The molecule has 0 aromatic carbocycles. The van der Waals surface area contributed by atoms with Crippen molar-refractivity contribution in [3.05, 3.63) is 51.0 Å². The summed E-state index contributed by atoms with van der Waals surface area (Å²) in [5, 5.41) is 10.8. The van der Waals surface area contributed by atoms with Crippen LogP contribution in [0.1, 0.15) is 28.5 Å². The maximum atomic E-state index is 11.9. The smallest absolute Gasteiger partial charge is 0.327 e. The Morgan fingerprint density at radius 2 is 2.04 bits per heavy atom. The first-order chi connectivity index (χ1) is 11.5. The largest absolute Gasteiger partial charge is 0.334 e. The highest BCUT2D eigenvalue weighted by atomic mass is 79.9. The number of carbonyl (C=O) groups is 2. The van der Waals surface area contributed by atoms with Crippen molar-refractivity contribution < 1.29 is 9.59 Å². The van der Waals surface area contributed by atoms with Crippen molar-refractivity contribution in [1.29, 1.82) is 0 Å². The molecule has 3 rings (SSSR count). The van der Waals surface area contributed by atoms with Gasteiger partial charge in [-0.2, -0.15) is 0 Å². The summed E-state index contributed by atoms with van der Waals surface area (Å²) in [7, 11) is 0. The molecule has 3 N–H and O–H groups in total. The van der Waals surface area contributed by atoms with Gasteiger partial charge in [-0.1, -0.05) is 6.07 Å². The Morgan fingerprint density at radius 1 is 1.21 bits per heavy atom. The number of amides is 3. The number of halogens is 1. The second-order valence-electron chi connectivity index (χ2n) is 4.87. The van der Waals surface area contributed by atoms with Crippen LogP contribution in [0, 0.1) is 0 Å². The number of nitrogens with zero attached hydrogens (tertiary/aromatic N) is 3. The van der Waals surface area contributed by atoms with Crippen molar-refractivity contribution in [2.75, 3.05) is 0 Å². The first kappa shape index (κ1) is 16.4. The zero-order valence-electron chi connectivity index (χ0n) is 12.5. The van der Waals surface area contributed by atoms with Crippen LogP contribution in [0.4, 0.5) is 4.79 Å². The predicted molar refractivity (Wildman–Crippen MR) is 92.6 cm³/mol. The third-order valence-electron chi connectivity index (χ3n) is 3.16. The van der Waals surface area contributed by atoms with E-state index in [-0.39, 0.29) is 5.91 Å². The number of urea groups is 1. The fourth-order valence-electron chi connectivity index (χ4n) is 2.06. The molecule has 3 heterocycles. The number of hydrogen-bond donors (Lipinski definition) is 3. The molecule has 0 saturated carbocycles. The molecule has 0 spiro atoms. The van der Waals surface area contributed by atoms with Crippen molar-refractivity contribution >= 4 is 44.9 Å². The number of carbonyl (C=O) groups excluding carboxylic acids is 2. The van der Waals surface area contributed by atoms with E-state index in [1.165, 1.54) is 11.3 Å². The minimum Gasteiger partial charge on any atom is -0.327 e. The molecule has 0 saturated heterocycles. The van der Waals surface area contributed by atoms with Crippen LogP contribution in [0.5, 0.6) is 0 Å². The molecule has 24 heavy (non-hydrogen) atoms. The standard InChI is InChI=1S/C14H13BrN6O2S/c1-8(12-18-17-11-4-2-3-7-21(11)12)16-14(23)20-19-13(22)9-5-6-10(15)24-9/h2-8H,1H3,(H,19,22)(H2,16,20,23). The third-order valence-corrected chi connectivity index (χ3v) is 4.78. The van der Waals surface area contributed by atoms with E-state index in [0.29, 0.717) is 16.3 Å². The molecule has 3 aromatic heterocycles. The molecule has 124 valence electrons. The monoisotopic (exact) mass is 408 g/mol. The van der Waals surface area contributed by atoms with Crippen molar-refractivity contribution in [1.82, 2.24) is 30.8 Å². The Hall–Kier alpha value is -2.46. The van der Waals surface area contributed by atoms with Crippen LogP contribution in [-0.2, 0) is 0 Å². The Morgan fingerprint density at radius 3 is 2.79 bits per heavy atom. The average Bonchev–Trinajstić information content (AvgIpc) is 3.18. The molecule has 0 fully saturated rings. The summed E-state index contributed by atoms with van der Waals surface area (Å²) in [6.07, 6.45) is 1.82. The maximum absolute atomic E-state index is 11.9. The average molecular weight is 409 g/mol. The lowest BCUT2D eigenvalue weighted by Gasteiger charge is -2.13. The second-order valence-corrected chi connectivity index (χ2v) is 7.33. The van der Waals surface area contributed by atoms with Crippen molar-refractivity contribution in [2.45, 2.75) is 13.0 Å². The minimum atomic E-state index is -0.542. The molecular formula is C14H13BrN6O2S. The van der Waals surface area contributed by atoms with E-state index in [4.69, 9.17) is 0 Å². The summed E-state index contributed by atoms with van der Waals surface area (Å²) >= 11 is 4.55. The van der Waals surface area contributed by atoms with Gasteiger partial charge in [-0.3, -0.25) is 14.6 Å². The topological polar surface area (TPSA) is 100 Å². The fraction of sp³-hybridized carbons (Fsp3) is 0.143. The summed E-state index contributed by atoms with van der Waals surface area (Å²) in [5.74, 6) is 0.204. The molecule has 0 aliphatic carbocycles. The van der Waals surface area contributed by atoms with Crippen LogP contribution in [0.2, 0.25) is 0 Å². The maximum Gasteiger partial charge on any atom is 0.334 e. The van der Waals surface area contributed by atoms with Gasteiger partial charge in [-0.15, -0.1) is 21.5 Å². The number of nitrogens with one attached hydrogen (secondary N) is 3. The summed E-state index contributed by atoms with van der Waals surface area (Å²) in [6.45, 7) is 1.78. The Bertz CT molecular complexity index is 892. The third kappa shape index (κ3) is 3.54. The Balaban J connectivity index is 1.57. The van der Waals surface area contributed by atoms with Gasteiger partial charge in [0.15, 0.2) is 11.5 Å². The molecule has 0 radical (unpaired) electrons. The molecule has 8 nitrogen and oxygen atoms in total. The fourth-order valence-corrected chi connectivity index (χ4v) is 3.35. The van der Waals surface area contributed by atoms with E-state index in [2.05, 4.69) is 42.3 Å². The van der Waals surface area contributed by atoms with Gasteiger partial charge < -0.3 is 5.32 Å². The Labute approximate surface area is 149 Å². The normalized spacial score (nSPS) is 11.9. The van der Waals surface area contributed by atoms with Gasteiger partial charge in [-0.05, 0) is 47.1 Å². The van der Waals surface area contributed by atoms with E-state index in [1.54, 1.807) is 23.5 Å². The first-order valence-corrected chi connectivity index (χ1v) is 8.57. The quantitative estimate of drug-likeness (QED) is 0.578. The molecule has 0 bridgehead atoms. The van der Waals surface area contributed by atoms with Gasteiger partial charge in [-0.25, -0.2) is 10.2 Å².